The number of hydrogen-bond donors (Lipinski definition) is 1. The summed E-state index contributed by atoms with van der Waals surface area (Å²) in [5.41, 5.74) is 3.57. The number of nitrogens with zero attached hydrogens (tertiary/aromatic N) is 2. The highest BCUT2D eigenvalue weighted by molar-refractivity contribution is 6.40. The minimum Gasteiger partial charge on any atom is -0.330 e. The topological polar surface area (TPSA) is 62.3 Å². The maximum atomic E-state index is 12.5. The maximum Gasteiger partial charge on any atom is 0.313 e. The zero-order valence-corrected chi connectivity index (χ0v) is 13.6. The van der Waals surface area contributed by atoms with E-state index in [9.17, 15) is 9.59 Å². The van der Waals surface area contributed by atoms with Crippen molar-refractivity contribution in [2.75, 3.05) is 11.9 Å². The molecule has 124 valence electrons. The Balaban J connectivity index is 1.52. The van der Waals surface area contributed by atoms with E-state index in [1.54, 1.807) is 17.2 Å². The third kappa shape index (κ3) is 2.96. The first kappa shape index (κ1) is 15.3. The van der Waals surface area contributed by atoms with Gasteiger partial charge in [0.1, 0.15) is 0 Å². The molecule has 5 nitrogen and oxygen atoms in total. The van der Waals surface area contributed by atoms with Crippen LogP contribution in [0, 0.1) is 0 Å². The molecule has 0 saturated heterocycles. The lowest BCUT2D eigenvalue weighted by Gasteiger charge is -2.28. The van der Waals surface area contributed by atoms with Gasteiger partial charge in [-0.1, -0.05) is 42.5 Å². The summed E-state index contributed by atoms with van der Waals surface area (Å²) < 4.78 is 0. The van der Waals surface area contributed by atoms with Crippen molar-refractivity contribution in [3.63, 3.8) is 0 Å². The average molecular weight is 331 g/mol. The van der Waals surface area contributed by atoms with Gasteiger partial charge in [0.15, 0.2) is 0 Å². The number of hydrogen-bond acceptors (Lipinski definition) is 3. The molecule has 25 heavy (non-hydrogen) atoms. The number of rotatable bonds is 1. The number of fused-ring (bicyclic) bond motifs is 2. The van der Waals surface area contributed by atoms with Crippen LogP contribution < -0.4 is 5.32 Å². The van der Waals surface area contributed by atoms with Crippen LogP contribution in [0.1, 0.15) is 11.1 Å². The minimum absolute atomic E-state index is 0.468. The summed E-state index contributed by atoms with van der Waals surface area (Å²) in [6.07, 6.45) is 2.44. The molecule has 0 saturated carbocycles. The maximum absolute atomic E-state index is 12.5. The van der Waals surface area contributed by atoms with Crippen LogP contribution in [-0.2, 0) is 22.6 Å². The molecule has 1 aliphatic rings. The first-order chi connectivity index (χ1) is 12.2. The Morgan fingerprint density at radius 3 is 2.64 bits per heavy atom. The number of aromatic nitrogens is 1. The van der Waals surface area contributed by atoms with Crippen molar-refractivity contribution >= 4 is 28.4 Å². The van der Waals surface area contributed by atoms with Crippen LogP contribution in [0.5, 0.6) is 0 Å². The van der Waals surface area contributed by atoms with Gasteiger partial charge in [0.2, 0.25) is 0 Å². The zero-order valence-electron chi connectivity index (χ0n) is 13.6. The number of carbonyl (C=O) groups excluding carboxylic acids is 2. The van der Waals surface area contributed by atoms with Gasteiger partial charge in [-0.05, 0) is 29.7 Å². The monoisotopic (exact) mass is 331 g/mol. The van der Waals surface area contributed by atoms with Crippen molar-refractivity contribution in [2.24, 2.45) is 0 Å². The standard InChI is InChI=1S/C20H17N3O2/c24-19(22-17-9-3-7-15-8-4-11-21-18(15)17)20(25)23-12-10-14-5-1-2-6-16(14)13-23/h1-9,11H,10,12-13H2,(H,22,24). The molecule has 1 aliphatic heterocycles. The quantitative estimate of drug-likeness (QED) is 0.698. The van der Waals surface area contributed by atoms with E-state index in [2.05, 4.69) is 16.4 Å². The fourth-order valence-electron chi connectivity index (χ4n) is 3.19. The number of anilines is 1. The van der Waals surface area contributed by atoms with Crippen molar-refractivity contribution in [3.05, 3.63) is 71.9 Å². The second-order valence-electron chi connectivity index (χ2n) is 6.08. The van der Waals surface area contributed by atoms with Crippen molar-refractivity contribution in [1.29, 1.82) is 0 Å². The van der Waals surface area contributed by atoms with E-state index in [0.29, 0.717) is 24.3 Å². The van der Waals surface area contributed by atoms with Gasteiger partial charge < -0.3 is 10.2 Å². The van der Waals surface area contributed by atoms with Gasteiger partial charge in [0.25, 0.3) is 0 Å². The first-order valence-electron chi connectivity index (χ1n) is 8.23. The lowest BCUT2D eigenvalue weighted by molar-refractivity contribution is -0.143. The van der Waals surface area contributed by atoms with E-state index in [0.717, 1.165) is 17.4 Å². The summed E-state index contributed by atoms with van der Waals surface area (Å²) in [5, 5.41) is 3.63. The summed E-state index contributed by atoms with van der Waals surface area (Å²) in [4.78, 5) is 30.9. The van der Waals surface area contributed by atoms with Gasteiger partial charge >= 0.3 is 11.8 Å². The number of benzene rings is 2. The molecule has 2 amide bonds. The van der Waals surface area contributed by atoms with Crippen LogP contribution in [0.4, 0.5) is 5.69 Å². The molecule has 0 fully saturated rings. The summed E-state index contributed by atoms with van der Waals surface area (Å²) in [6.45, 7) is 1.02. The first-order valence-corrected chi connectivity index (χ1v) is 8.23. The predicted molar refractivity (Wildman–Crippen MR) is 95.9 cm³/mol. The highest BCUT2D eigenvalue weighted by atomic mass is 16.2. The fraction of sp³-hybridized carbons (Fsp3) is 0.150. The number of carbonyl (C=O) groups is 2. The Kier molecular flexibility index (Phi) is 3.90. The summed E-state index contributed by atoms with van der Waals surface area (Å²) >= 11 is 0. The van der Waals surface area contributed by atoms with E-state index >= 15 is 0 Å². The van der Waals surface area contributed by atoms with Crippen LogP contribution in [0.15, 0.2) is 60.8 Å². The van der Waals surface area contributed by atoms with E-state index in [4.69, 9.17) is 0 Å². The normalized spacial score (nSPS) is 13.4. The lowest BCUT2D eigenvalue weighted by Crippen LogP contribution is -2.42. The molecular formula is C20H17N3O2. The van der Waals surface area contributed by atoms with Gasteiger partial charge in [-0.2, -0.15) is 0 Å². The zero-order chi connectivity index (χ0) is 17.2. The van der Waals surface area contributed by atoms with E-state index in [1.807, 2.05) is 42.5 Å². The Morgan fingerprint density at radius 2 is 1.76 bits per heavy atom. The Hall–Kier alpha value is -3.21. The lowest BCUT2D eigenvalue weighted by atomic mass is 10.00. The smallest absolute Gasteiger partial charge is 0.313 e. The van der Waals surface area contributed by atoms with Crippen molar-refractivity contribution in [1.82, 2.24) is 9.88 Å². The summed E-state index contributed by atoms with van der Waals surface area (Å²) in [7, 11) is 0. The molecule has 0 spiro atoms. The Bertz CT molecular complexity index is 963. The second-order valence-corrected chi connectivity index (χ2v) is 6.08. The molecule has 3 aromatic rings. The molecule has 4 rings (SSSR count). The molecule has 2 heterocycles. The van der Waals surface area contributed by atoms with Gasteiger partial charge in [-0.25, -0.2) is 0 Å². The van der Waals surface area contributed by atoms with Crippen LogP contribution in [0.25, 0.3) is 10.9 Å². The van der Waals surface area contributed by atoms with Gasteiger partial charge in [0, 0.05) is 24.7 Å². The van der Waals surface area contributed by atoms with Crippen molar-refractivity contribution in [3.8, 4) is 0 Å². The molecule has 5 heteroatoms. The Morgan fingerprint density at radius 1 is 0.960 bits per heavy atom. The molecular weight excluding hydrogens is 314 g/mol. The van der Waals surface area contributed by atoms with E-state index in [-0.39, 0.29) is 0 Å². The molecule has 0 aliphatic carbocycles. The molecule has 1 N–H and O–H groups in total. The van der Waals surface area contributed by atoms with Gasteiger partial charge in [0.05, 0.1) is 11.2 Å². The van der Waals surface area contributed by atoms with E-state index in [1.165, 1.54) is 5.56 Å². The fourth-order valence-corrected chi connectivity index (χ4v) is 3.19. The number of pyridine rings is 1. The predicted octanol–water partition coefficient (Wildman–Crippen LogP) is 2.76. The minimum atomic E-state index is -0.627. The number of nitrogens with one attached hydrogen (secondary N) is 1. The third-order valence-electron chi connectivity index (χ3n) is 4.49. The highest BCUT2D eigenvalue weighted by Gasteiger charge is 2.26. The van der Waals surface area contributed by atoms with E-state index < -0.39 is 11.8 Å². The Labute approximate surface area is 145 Å². The van der Waals surface area contributed by atoms with Crippen LogP contribution in [0.3, 0.4) is 0 Å². The summed E-state index contributed by atoms with van der Waals surface area (Å²) in [6, 6.07) is 17.3. The largest absolute Gasteiger partial charge is 0.330 e. The van der Waals surface area contributed by atoms with Gasteiger partial charge in [-0.3, -0.25) is 14.6 Å². The molecule has 2 aromatic carbocycles. The summed E-state index contributed by atoms with van der Waals surface area (Å²) in [5.74, 6) is -1.14. The average Bonchev–Trinajstić information content (AvgIpc) is 2.67. The molecule has 1 aromatic heterocycles. The molecule has 0 unspecified atom stereocenters. The van der Waals surface area contributed by atoms with Crippen LogP contribution in [0.2, 0.25) is 0 Å². The SMILES string of the molecule is O=C(Nc1cccc2cccnc12)C(=O)N1CCc2ccccc2C1. The van der Waals surface area contributed by atoms with Gasteiger partial charge in [-0.15, -0.1) is 0 Å². The molecule has 0 bridgehead atoms. The number of para-hydroxylation sites is 1. The number of amides is 2. The highest BCUT2D eigenvalue weighted by Crippen LogP contribution is 2.22. The molecule has 0 atom stereocenters. The van der Waals surface area contributed by atoms with Crippen LogP contribution >= 0.6 is 0 Å². The molecule has 0 radical (unpaired) electrons. The van der Waals surface area contributed by atoms with Crippen LogP contribution in [-0.4, -0.2) is 28.2 Å². The van der Waals surface area contributed by atoms with Crippen molar-refractivity contribution < 1.29 is 9.59 Å². The third-order valence-corrected chi connectivity index (χ3v) is 4.49. The van der Waals surface area contributed by atoms with Crippen molar-refractivity contribution in [2.45, 2.75) is 13.0 Å². The second kappa shape index (κ2) is 6.36.